The van der Waals surface area contributed by atoms with Crippen LogP contribution in [-0.4, -0.2) is 41.6 Å². The Morgan fingerprint density at radius 1 is 1.30 bits per heavy atom. The number of hydrogen-bond donors (Lipinski definition) is 2. The summed E-state index contributed by atoms with van der Waals surface area (Å²) in [5.74, 6) is 1.75. The van der Waals surface area contributed by atoms with Gasteiger partial charge < -0.3 is 19.6 Å². The molecule has 27 heavy (non-hydrogen) atoms. The Balaban J connectivity index is 1.67. The monoisotopic (exact) mass is 411 g/mol. The number of aromatic nitrogens is 1. The largest absolute Gasteiger partial charge is 0.468 e. The van der Waals surface area contributed by atoms with Gasteiger partial charge in [0.2, 0.25) is 0 Å². The van der Waals surface area contributed by atoms with E-state index in [0.717, 1.165) is 43.6 Å². The zero-order valence-electron chi connectivity index (χ0n) is 15.8. The van der Waals surface area contributed by atoms with Crippen LogP contribution in [0.5, 0.6) is 0 Å². The summed E-state index contributed by atoms with van der Waals surface area (Å²) >= 11 is 12.2. The second-order valence-electron chi connectivity index (χ2n) is 6.68. The first-order valence-corrected chi connectivity index (χ1v) is 10.1. The summed E-state index contributed by atoms with van der Waals surface area (Å²) in [7, 11) is 1.89. The van der Waals surface area contributed by atoms with Crippen molar-refractivity contribution < 1.29 is 4.42 Å². The van der Waals surface area contributed by atoms with E-state index in [0.29, 0.717) is 16.7 Å². The lowest BCUT2D eigenvalue weighted by Gasteiger charge is -2.26. The molecule has 148 valence electrons. The number of halogens is 2. The van der Waals surface area contributed by atoms with E-state index in [9.17, 15) is 0 Å². The van der Waals surface area contributed by atoms with Crippen molar-refractivity contribution >= 4 is 29.2 Å². The Kier molecular flexibility index (Phi) is 7.10. The van der Waals surface area contributed by atoms with Crippen LogP contribution < -0.4 is 10.6 Å². The van der Waals surface area contributed by atoms with E-state index in [1.54, 1.807) is 6.26 Å². The number of nitrogens with zero attached hydrogens (tertiary/aromatic N) is 3. The average Bonchev–Trinajstić information content (AvgIpc) is 3.41. The number of furan rings is 1. The van der Waals surface area contributed by atoms with Gasteiger partial charge in [-0.05, 0) is 51.1 Å². The van der Waals surface area contributed by atoms with Crippen molar-refractivity contribution in [1.29, 1.82) is 0 Å². The van der Waals surface area contributed by atoms with Crippen LogP contribution in [0.4, 0.5) is 0 Å². The minimum Gasteiger partial charge on any atom is -0.468 e. The van der Waals surface area contributed by atoms with Crippen LogP contribution in [0.2, 0.25) is 10.2 Å². The van der Waals surface area contributed by atoms with Gasteiger partial charge in [0.1, 0.15) is 10.9 Å². The molecule has 1 unspecified atom stereocenters. The highest BCUT2D eigenvalue weighted by molar-refractivity contribution is 6.41. The Morgan fingerprint density at radius 2 is 2.07 bits per heavy atom. The molecule has 1 aliphatic heterocycles. The van der Waals surface area contributed by atoms with Crippen molar-refractivity contribution in [3.8, 4) is 0 Å². The van der Waals surface area contributed by atoms with E-state index >= 15 is 0 Å². The quantitative estimate of drug-likeness (QED) is 0.536. The van der Waals surface area contributed by atoms with Gasteiger partial charge in [-0.2, -0.15) is 0 Å². The Hall–Kier alpha value is -1.63. The number of likely N-dealkylation sites (tertiary alicyclic amines) is 1. The molecule has 0 bridgehead atoms. The van der Waals surface area contributed by atoms with Crippen LogP contribution in [0, 0.1) is 0 Å². The lowest BCUT2D eigenvalue weighted by atomic mass is 10.2. The van der Waals surface area contributed by atoms with Crippen LogP contribution in [0.3, 0.4) is 0 Å². The molecule has 8 heteroatoms. The van der Waals surface area contributed by atoms with Crippen molar-refractivity contribution in [2.24, 2.45) is 12.0 Å². The summed E-state index contributed by atoms with van der Waals surface area (Å²) in [4.78, 5) is 7.15. The molecular weight excluding hydrogens is 385 g/mol. The minimum absolute atomic E-state index is 0.199. The molecule has 3 heterocycles. The van der Waals surface area contributed by atoms with Crippen molar-refractivity contribution in [2.45, 2.75) is 32.4 Å². The fourth-order valence-corrected chi connectivity index (χ4v) is 3.80. The minimum atomic E-state index is 0.199. The standard InChI is InChI=1S/C19H27Cl2N5O/c1-3-22-19(23-12-14-11-15(20)18(21)25(14)2)24-13-16(17-7-6-10-27-17)26-8-4-5-9-26/h6-7,10-11,16H,3-5,8-9,12-13H2,1-2H3,(H2,22,23,24). The molecule has 0 spiro atoms. The van der Waals surface area contributed by atoms with Gasteiger partial charge in [0, 0.05) is 25.8 Å². The Labute approximate surface area is 170 Å². The predicted molar refractivity (Wildman–Crippen MR) is 111 cm³/mol. The molecule has 0 amide bonds. The Bertz CT molecular complexity index is 750. The molecule has 0 radical (unpaired) electrons. The SMILES string of the molecule is CCNC(=NCc1cc(Cl)c(Cl)n1C)NCC(c1ccco1)N1CCCC1. The van der Waals surface area contributed by atoms with Gasteiger partial charge in [0.05, 0.1) is 23.9 Å². The maximum absolute atomic E-state index is 6.14. The second kappa shape index (κ2) is 9.53. The van der Waals surface area contributed by atoms with Crippen molar-refractivity contribution in [2.75, 3.05) is 26.2 Å². The summed E-state index contributed by atoms with van der Waals surface area (Å²) in [6.45, 7) is 6.26. The topological polar surface area (TPSA) is 57.7 Å². The molecule has 0 aromatic carbocycles. The fourth-order valence-electron chi connectivity index (χ4n) is 3.38. The molecule has 0 aliphatic carbocycles. The van der Waals surface area contributed by atoms with Gasteiger partial charge in [-0.25, -0.2) is 4.99 Å². The molecule has 3 rings (SSSR count). The molecule has 1 atom stereocenters. The molecule has 2 aromatic heterocycles. The maximum Gasteiger partial charge on any atom is 0.191 e. The number of nitrogens with one attached hydrogen (secondary N) is 2. The lowest BCUT2D eigenvalue weighted by molar-refractivity contribution is 0.215. The molecule has 2 N–H and O–H groups in total. The van der Waals surface area contributed by atoms with E-state index in [1.807, 2.05) is 29.8 Å². The predicted octanol–water partition coefficient (Wildman–Crippen LogP) is 3.82. The number of guanidine groups is 1. The third-order valence-corrected chi connectivity index (χ3v) is 5.72. The second-order valence-corrected chi connectivity index (χ2v) is 7.45. The van der Waals surface area contributed by atoms with Gasteiger partial charge in [-0.15, -0.1) is 0 Å². The van der Waals surface area contributed by atoms with Crippen LogP contribution in [0.25, 0.3) is 0 Å². The lowest BCUT2D eigenvalue weighted by Crippen LogP contribution is -2.42. The molecule has 1 saturated heterocycles. The highest BCUT2D eigenvalue weighted by Gasteiger charge is 2.25. The molecule has 6 nitrogen and oxygen atoms in total. The first kappa shape index (κ1) is 20.1. The summed E-state index contributed by atoms with van der Waals surface area (Å²) in [6.07, 6.45) is 4.21. The van der Waals surface area contributed by atoms with Gasteiger partial charge >= 0.3 is 0 Å². The molecular formula is C19H27Cl2N5O. The third kappa shape index (κ3) is 5.00. The Morgan fingerprint density at radius 3 is 2.67 bits per heavy atom. The van der Waals surface area contributed by atoms with Crippen molar-refractivity contribution in [3.05, 3.63) is 46.1 Å². The highest BCUT2D eigenvalue weighted by atomic mass is 35.5. The summed E-state index contributed by atoms with van der Waals surface area (Å²) < 4.78 is 7.54. The normalized spacial score (nSPS) is 16.7. The highest BCUT2D eigenvalue weighted by Crippen LogP contribution is 2.26. The third-order valence-electron chi connectivity index (χ3n) is 4.87. The fraction of sp³-hybridized carbons (Fsp3) is 0.526. The van der Waals surface area contributed by atoms with E-state index in [-0.39, 0.29) is 6.04 Å². The van der Waals surface area contributed by atoms with Crippen molar-refractivity contribution in [1.82, 2.24) is 20.1 Å². The summed E-state index contributed by atoms with van der Waals surface area (Å²) in [5, 5.41) is 7.84. The average molecular weight is 412 g/mol. The van der Waals surface area contributed by atoms with Gasteiger partial charge in [-0.1, -0.05) is 23.2 Å². The zero-order valence-corrected chi connectivity index (χ0v) is 17.4. The molecule has 1 aliphatic rings. The first-order chi connectivity index (χ1) is 13.1. The zero-order chi connectivity index (χ0) is 19.2. The number of hydrogen-bond acceptors (Lipinski definition) is 3. The number of aliphatic imine (C=N–C) groups is 1. The van der Waals surface area contributed by atoms with E-state index in [2.05, 4.69) is 27.4 Å². The molecule has 0 saturated carbocycles. The van der Waals surface area contributed by atoms with Gasteiger partial charge in [-0.3, -0.25) is 4.90 Å². The molecule has 1 fully saturated rings. The van der Waals surface area contributed by atoms with Crippen LogP contribution >= 0.6 is 23.2 Å². The van der Waals surface area contributed by atoms with Crippen LogP contribution in [0.1, 0.15) is 37.3 Å². The van der Waals surface area contributed by atoms with E-state index < -0.39 is 0 Å². The first-order valence-electron chi connectivity index (χ1n) is 9.39. The van der Waals surface area contributed by atoms with Crippen LogP contribution in [0.15, 0.2) is 33.9 Å². The smallest absolute Gasteiger partial charge is 0.191 e. The van der Waals surface area contributed by atoms with Crippen molar-refractivity contribution in [3.63, 3.8) is 0 Å². The number of rotatable bonds is 7. The maximum atomic E-state index is 6.14. The van der Waals surface area contributed by atoms with E-state index in [4.69, 9.17) is 27.6 Å². The van der Waals surface area contributed by atoms with Crippen LogP contribution in [-0.2, 0) is 13.6 Å². The summed E-state index contributed by atoms with van der Waals surface area (Å²) in [6, 6.07) is 6.04. The molecule has 2 aromatic rings. The van der Waals surface area contributed by atoms with Gasteiger partial charge in [0.15, 0.2) is 5.96 Å². The van der Waals surface area contributed by atoms with Gasteiger partial charge in [0.25, 0.3) is 0 Å². The summed E-state index contributed by atoms with van der Waals surface area (Å²) in [5.41, 5.74) is 0.962. The van der Waals surface area contributed by atoms with E-state index in [1.165, 1.54) is 12.8 Å².